The lowest BCUT2D eigenvalue weighted by Gasteiger charge is -2.04. The quantitative estimate of drug-likeness (QED) is 0.882. The van der Waals surface area contributed by atoms with Crippen molar-refractivity contribution in [3.63, 3.8) is 0 Å². The van der Waals surface area contributed by atoms with Gasteiger partial charge in [0, 0.05) is 5.56 Å². The van der Waals surface area contributed by atoms with Crippen molar-refractivity contribution in [1.29, 1.82) is 5.26 Å². The molecule has 1 aromatic carbocycles. The Morgan fingerprint density at radius 2 is 1.94 bits per heavy atom. The second-order valence-corrected chi connectivity index (χ2v) is 3.96. The van der Waals surface area contributed by atoms with Crippen LogP contribution in [0.25, 0.3) is 11.3 Å². The van der Waals surface area contributed by atoms with Crippen molar-refractivity contribution in [2.24, 2.45) is 5.73 Å². The predicted molar refractivity (Wildman–Crippen MR) is 69.6 cm³/mol. The van der Waals surface area contributed by atoms with Crippen LogP contribution in [-0.2, 0) is 6.42 Å². The van der Waals surface area contributed by atoms with Gasteiger partial charge in [-0.2, -0.15) is 15.5 Å². The maximum absolute atomic E-state index is 9.14. The molecule has 1 heterocycles. The summed E-state index contributed by atoms with van der Waals surface area (Å²) in [5.41, 5.74) is 8.45. The van der Waals surface area contributed by atoms with Crippen LogP contribution in [0, 0.1) is 11.3 Å². The van der Waals surface area contributed by atoms with Gasteiger partial charge in [0.05, 0.1) is 17.0 Å². The van der Waals surface area contributed by atoms with E-state index >= 15 is 0 Å². The first-order valence-corrected chi connectivity index (χ1v) is 5.87. The fourth-order valence-corrected chi connectivity index (χ4v) is 1.72. The van der Waals surface area contributed by atoms with Gasteiger partial charge >= 0.3 is 0 Å². The average molecular weight is 238 g/mol. The van der Waals surface area contributed by atoms with E-state index in [1.165, 1.54) is 0 Å². The molecule has 18 heavy (non-hydrogen) atoms. The minimum atomic E-state index is 0.581. The minimum absolute atomic E-state index is 0.581. The molecule has 0 aliphatic carbocycles. The lowest BCUT2D eigenvalue weighted by molar-refractivity contribution is 0.786. The summed E-state index contributed by atoms with van der Waals surface area (Å²) in [5, 5.41) is 17.4. The molecule has 1 aromatic heterocycles. The van der Waals surface area contributed by atoms with Gasteiger partial charge in [-0.25, -0.2) is 0 Å². The molecule has 0 atom stereocenters. The van der Waals surface area contributed by atoms with E-state index in [0.29, 0.717) is 18.5 Å². The van der Waals surface area contributed by atoms with Crippen LogP contribution in [-0.4, -0.2) is 16.7 Å². The van der Waals surface area contributed by atoms with Crippen LogP contribution in [0.5, 0.6) is 0 Å². The molecule has 2 aromatic rings. The summed E-state index contributed by atoms with van der Waals surface area (Å²) >= 11 is 0. The second-order valence-electron chi connectivity index (χ2n) is 3.96. The third-order valence-corrected chi connectivity index (χ3v) is 2.68. The highest BCUT2D eigenvalue weighted by molar-refractivity contribution is 5.60. The zero-order chi connectivity index (χ0) is 12.8. The Kier molecular flexibility index (Phi) is 4.00. The lowest BCUT2D eigenvalue weighted by Crippen LogP contribution is -2.04. The molecule has 90 valence electrons. The Morgan fingerprint density at radius 3 is 2.61 bits per heavy atom. The molecule has 0 spiro atoms. The molecule has 2 N–H and O–H groups in total. The number of aryl methyl sites for hydroxylation is 1. The molecule has 0 aliphatic rings. The Balaban J connectivity index is 2.34. The van der Waals surface area contributed by atoms with E-state index in [9.17, 15) is 0 Å². The Hall–Kier alpha value is -2.25. The normalized spacial score (nSPS) is 10.0. The smallest absolute Gasteiger partial charge is 0.101 e. The summed E-state index contributed by atoms with van der Waals surface area (Å²) in [7, 11) is 0. The summed E-state index contributed by atoms with van der Waals surface area (Å²) in [6, 6.07) is 13.7. The van der Waals surface area contributed by atoms with E-state index in [4.69, 9.17) is 11.0 Å². The number of benzene rings is 1. The number of nitrogens with two attached hydrogens (primary N) is 1. The van der Waals surface area contributed by atoms with Gasteiger partial charge in [-0.05, 0) is 25.5 Å². The van der Waals surface area contributed by atoms with Crippen LogP contribution in [0.3, 0.4) is 0 Å². The van der Waals surface area contributed by atoms with Crippen LogP contribution < -0.4 is 5.73 Å². The first kappa shape index (κ1) is 12.2. The zero-order valence-corrected chi connectivity index (χ0v) is 10.0. The second kappa shape index (κ2) is 5.89. The molecule has 0 radical (unpaired) electrons. The van der Waals surface area contributed by atoms with Gasteiger partial charge in [-0.15, -0.1) is 0 Å². The highest BCUT2D eigenvalue weighted by Crippen LogP contribution is 2.18. The van der Waals surface area contributed by atoms with E-state index in [1.807, 2.05) is 30.3 Å². The van der Waals surface area contributed by atoms with Gasteiger partial charge in [-0.1, -0.05) is 30.3 Å². The molecule has 4 heteroatoms. The van der Waals surface area contributed by atoms with Crippen molar-refractivity contribution >= 4 is 0 Å². The third-order valence-electron chi connectivity index (χ3n) is 2.68. The number of aromatic nitrogens is 2. The number of nitriles is 1. The first-order valence-electron chi connectivity index (χ1n) is 5.87. The average Bonchev–Trinajstić information content (AvgIpc) is 2.46. The van der Waals surface area contributed by atoms with Gasteiger partial charge < -0.3 is 5.73 Å². The summed E-state index contributed by atoms with van der Waals surface area (Å²) in [4.78, 5) is 0. The largest absolute Gasteiger partial charge is 0.330 e. The van der Waals surface area contributed by atoms with Crippen molar-refractivity contribution in [3.05, 3.63) is 47.7 Å². The maximum Gasteiger partial charge on any atom is 0.101 e. The van der Waals surface area contributed by atoms with Crippen LogP contribution in [0.1, 0.15) is 17.7 Å². The zero-order valence-electron chi connectivity index (χ0n) is 10.0. The molecular weight excluding hydrogens is 224 g/mol. The summed E-state index contributed by atoms with van der Waals surface area (Å²) in [6.07, 6.45) is 1.51. The SMILES string of the molecule is N#Cc1cc(-c2ccccc2)nnc1CCCN. The van der Waals surface area contributed by atoms with E-state index in [0.717, 1.165) is 23.4 Å². The Bertz CT molecular complexity index is 558. The van der Waals surface area contributed by atoms with Crippen molar-refractivity contribution in [2.45, 2.75) is 12.8 Å². The van der Waals surface area contributed by atoms with Crippen molar-refractivity contribution < 1.29 is 0 Å². The van der Waals surface area contributed by atoms with Crippen molar-refractivity contribution in [3.8, 4) is 17.3 Å². The van der Waals surface area contributed by atoms with Crippen molar-refractivity contribution in [1.82, 2.24) is 10.2 Å². The van der Waals surface area contributed by atoms with Gasteiger partial charge in [0.1, 0.15) is 6.07 Å². The fraction of sp³-hybridized carbons (Fsp3) is 0.214. The van der Waals surface area contributed by atoms with Gasteiger partial charge in [0.2, 0.25) is 0 Å². The lowest BCUT2D eigenvalue weighted by atomic mass is 10.1. The first-order chi connectivity index (χ1) is 8.85. The molecular formula is C14H14N4. The molecule has 2 rings (SSSR count). The summed E-state index contributed by atoms with van der Waals surface area (Å²) in [5.74, 6) is 0. The molecule has 0 aliphatic heterocycles. The molecule has 0 amide bonds. The molecule has 0 unspecified atom stereocenters. The van der Waals surface area contributed by atoms with E-state index in [2.05, 4.69) is 16.3 Å². The van der Waals surface area contributed by atoms with E-state index in [-0.39, 0.29) is 0 Å². The van der Waals surface area contributed by atoms with Gasteiger partial charge in [-0.3, -0.25) is 0 Å². The molecule has 4 nitrogen and oxygen atoms in total. The van der Waals surface area contributed by atoms with Crippen LogP contribution in [0.4, 0.5) is 0 Å². The molecule has 0 fully saturated rings. The monoisotopic (exact) mass is 238 g/mol. The van der Waals surface area contributed by atoms with Crippen LogP contribution in [0.2, 0.25) is 0 Å². The Labute approximate surface area is 106 Å². The number of rotatable bonds is 4. The maximum atomic E-state index is 9.14. The summed E-state index contributed by atoms with van der Waals surface area (Å²) < 4.78 is 0. The predicted octanol–water partition coefficient (Wildman–Crippen LogP) is 1.91. The van der Waals surface area contributed by atoms with Crippen LogP contribution in [0.15, 0.2) is 36.4 Å². The van der Waals surface area contributed by atoms with Crippen LogP contribution >= 0.6 is 0 Å². The minimum Gasteiger partial charge on any atom is -0.330 e. The van der Waals surface area contributed by atoms with Gasteiger partial charge in [0.15, 0.2) is 0 Å². The molecule has 0 saturated heterocycles. The summed E-state index contributed by atoms with van der Waals surface area (Å²) in [6.45, 7) is 0.590. The standard InChI is InChI=1S/C14H14N4/c15-8-4-7-13-12(10-16)9-14(18-17-13)11-5-2-1-3-6-11/h1-3,5-6,9H,4,7-8,15H2. The third kappa shape index (κ3) is 2.70. The van der Waals surface area contributed by atoms with E-state index < -0.39 is 0 Å². The highest BCUT2D eigenvalue weighted by atomic mass is 15.1. The number of nitrogens with zero attached hydrogens (tertiary/aromatic N) is 3. The highest BCUT2D eigenvalue weighted by Gasteiger charge is 2.07. The topological polar surface area (TPSA) is 75.6 Å². The molecule has 0 bridgehead atoms. The van der Waals surface area contributed by atoms with Gasteiger partial charge in [0.25, 0.3) is 0 Å². The number of hydrogen-bond acceptors (Lipinski definition) is 4. The number of hydrogen-bond donors (Lipinski definition) is 1. The fourth-order valence-electron chi connectivity index (χ4n) is 1.72. The van der Waals surface area contributed by atoms with Crippen molar-refractivity contribution in [2.75, 3.05) is 6.54 Å². The molecule has 0 saturated carbocycles. The van der Waals surface area contributed by atoms with E-state index in [1.54, 1.807) is 6.07 Å². The Morgan fingerprint density at radius 1 is 1.17 bits per heavy atom.